The SMILES string of the molecule is C[C@H]1CCCN(c2nc3c(c(=O)[nH]c(=O)n3C)n2CCCn2c(N3CCC[C@H](C)C3)nc3c2c(=O)[nH]c(=O)n3C)C1. The van der Waals surface area contributed by atoms with Crippen molar-refractivity contribution >= 4 is 34.2 Å². The minimum Gasteiger partial charge on any atom is -0.342 e. The van der Waals surface area contributed by atoms with Gasteiger partial charge in [-0.05, 0) is 43.9 Å². The Morgan fingerprint density at radius 2 is 1.12 bits per heavy atom. The second-order valence-corrected chi connectivity index (χ2v) is 11.8. The van der Waals surface area contributed by atoms with Gasteiger partial charge in [0.15, 0.2) is 22.3 Å². The molecule has 0 aliphatic carbocycles. The zero-order chi connectivity index (χ0) is 29.0. The standard InChI is InChI=1S/C27H38N10O4/c1-16-8-5-10-34(14-16)24-28-20-18(22(38)30-26(40)32(20)3)36(24)12-7-13-37-19-21(33(4)27(41)31-23(19)39)29-25(37)35-11-6-9-17(2)15-35/h16-17H,5-15H2,1-4H3,(H,30,38,40)(H,31,39,41)/t16-,17-/m0/s1. The number of hydrogen-bond acceptors (Lipinski definition) is 8. The molecule has 0 radical (unpaired) electrons. The number of aryl methyl sites for hydroxylation is 4. The molecule has 0 bridgehead atoms. The molecule has 0 aromatic carbocycles. The molecule has 4 aromatic heterocycles. The van der Waals surface area contributed by atoms with Crippen LogP contribution in [0.1, 0.15) is 46.0 Å². The van der Waals surface area contributed by atoms with Gasteiger partial charge in [-0.2, -0.15) is 9.97 Å². The molecule has 6 heterocycles. The summed E-state index contributed by atoms with van der Waals surface area (Å²) in [5.74, 6) is 2.34. The minimum absolute atomic E-state index is 0.356. The summed E-state index contributed by atoms with van der Waals surface area (Å²) < 4.78 is 6.58. The van der Waals surface area contributed by atoms with Gasteiger partial charge in [-0.25, -0.2) is 9.59 Å². The van der Waals surface area contributed by atoms with Crippen molar-refractivity contribution in [1.29, 1.82) is 0 Å². The number of rotatable bonds is 6. The fourth-order valence-corrected chi connectivity index (χ4v) is 6.48. The van der Waals surface area contributed by atoms with Gasteiger partial charge in [0.05, 0.1) is 0 Å². The summed E-state index contributed by atoms with van der Waals surface area (Å²) >= 11 is 0. The zero-order valence-electron chi connectivity index (χ0n) is 24.1. The maximum Gasteiger partial charge on any atom is 0.329 e. The molecule has 6 rings (SSSR count). The van der Waals surface area contributed by atoms with E-state index in [4.69, 9.17) is 9.97 Å². The quantitative estimate of drug-likeness (QED) is 0.347. The van der Waals surface area contributed by atoms with E-state index >= 15 is 0 Å². The second-order valence-electron chi connectivity index (χ2n) is 11.8. The second kappa shape index (κ2) is 10.4. The van der Waals surface area contributed by atoms with E-state index in [0.29, 0.717) is 65.6 Å². The van der Waals surface area contributed by atoms with Gasteiger partial charge in [0.2, 0.25) is 11.9 Å². The van der Waals surface area contributed by atoms with E-state index in [9.17, 15) is 19.2 Å². The van der Waals surface area contributed by atoms with E-state index in [1.54, 1.807) is 14.1 Å². The maximum atomic E-state index is 13.1. The fourth-order valence-electron chi connectivity index (χ4n) is 6.48. The molecule has 220 valence electrons. The normalized spacial score (nSPS) is 20.0. The number of imidazole rings is 2. The molecule has 2 fully saturated rings. The van der Waals surface area contributed by atoms with Crippen LogP contribution < -0.4 is 32.3 Å². The van der Waals surface area contributed by atoms with Crippen LogP contribution >= 0.6 is 0 Å². The lowest BCUT2D eigenvalue weighted by molar-refractivity contribution is 0.433. The molecular weight excluding hydrogens is 528 g/mol. The summed E-state index contributed by atoms with van der Waals surface area (Å²) in [5, 5.41) is 0. The molecule has 2 aliphatic rings. The summed E-state index contributed by atoms with van der Waals surface area (Å²) in [6.07, 6.45) is 4.89. The highest BCUT2D eigenvalue weighted by atomic mass is 16.2. The largest absolute Gasteiger partial charge is 0.342 e. The number of aromatic amines is 2. The number of H-pyrrole nitrogens is 2. The molecule has 0 spiro atoms. The van der Waals surface area contributed by atoms with Crippen molar-refractivity contribution < 1.29 is 0 Å². The molecular formula is C27H38N10O4. The number of nitrogens with zero attached hydrogens (tertiary/aromatic N) is 8. The van der Waals surface area contributed by atoms with E-state index in [1.807, 2.05) is 9.13 Å². The van der Waals surface area contributed by atoms with E-state index in [1.165, 1.54) is 9.13 Å². The van der Waals surface area contributed by atoms with Gasteiger partial charge in [-0.1, -0.05) is 13.8 Å². The molecule has 14 heteroatoms. The molecule has 0 saturated carbocycles. The van der Waals surface area contributed by atoms with Crippen molar-refractivity contribution in [2.45, 2.75) is 59.0 Å². The van der Waals surface area contributed by atoms with Gasteiger partial charge >= 0.3 is 11.4 Å². The van der Waals surface area contributed by atoms with E-state index in [0.717, 1.165) is 51.9 Å². The van der Waals surface area contributed by atoms with Gasteiger partial charge in [-0.3, -0.25) is 28.7 Å². The van der Waals surface area contributed by atoms with Crippen LogP contribution in [0.4, 0.5) is 11.9 Å². The number of piperidine rings is 2. The van der Waals surface area contributed by atoms with Crippen molar-refractivity contribution in [2.24, 2.45) is 25.9 Å². The van der Waals surface area contributed by atoms with Crippen LogP contribution in [0.25, 0.3) is 22.3 Å². The summed E-state index contributed by atoms with van der Waals surface area (Å²) in [7, 11) is 3.22. The third-order valence-corrected chi connectivity index (χ3v) is 8.62. The first kappa shape index (κ1) is 27.1. The number of aromatic nitrogens is 8. The average Bonchev–Trinajstić information content (AvgIpc) is 3.51. The molecule has 2 N–H and O–H groups in total. The van der Waals surface area contributed by atoms with E-state index in [-0.39, 0.29) is 0 Å². The van der Waals surface area contributed by atoms with Crippen LogP contribution in [0.2, 0.25) is 0 Å². The Bertz CT molecular complexity index is 1720. The van der Waals surface area contributed by atoms with Gasteiger partial charge < -0.3 is 18.9 Å². The highest BCUT2D eigenvalue weighted by molar-refractivity contribution is 5.75. The van der Waals surface area contributed by atoms with Crippen molar-refractivity contribution in [3.05, 3.63) is 41.7 Å². The molecule has 2 aliphatic heterocycles. The van der Waals surface area contributed by atoms with Crippen LogP contribution in [-0.2, 0) is 27.2 Å². The Morgan fingerprint density at radius 1 is 0.707 bits per heavy atom. The number of anilines is 2. The van der Waals surface area contributed by atoms with Crippen LogP contribution in [0.3, 0.4) is 0 Å². The lowest BCUT2D eigenvalue weighted by Crippen LogP contribution is -2.36. The predicted molar refractivity (Wildman–Crippen MR) is 157 cm³/mol. The summed E-state index contributed by atoms with van der Waals surface area (Å²) in [6, 6.07) is 0. The zero-order valence-corrected chi connectivity index (χ0v) is 24.1. The topological polar surface area (TPSA) is 152 Å². The molecule has 4 aromatic rings. The molecule has 0 amide bonds. The Kier molecular flexibility index (Phi) is 6.86. The molecule has 2 saturated heterocycles. The third kappa shape index (κ3) is 4.68. The van der Waals surface area contributed by atoms with Crippen molar-refractivity contribution in [3.8, 4) is 0 Å². The minimum atomic E-state index is -0.499. The van der Waals surface area contributed by atoms with E-state index < -0.39 is 22.5 Å². The summed E-state index contributed by atoms with van der Waals surface area (Å²) in [6.45, 7) is 8.59. The van der Waals surface area contributed by atoms with Crippen LogP contribution in [0.5, 0.6) is 0 Å². The van der Waals surface area contributed by atoms with Gasteiger partial charge in [0, 0.05) is 53.4 Å². The van der Waals surface area contributed by atoms with Crippen molar-refractivity contribution in [1.82, 2.24) is 38.2 Å². The van der Waals surface area contributed by atoms with Gasteiger partial charge in [0.1, 0.15) is 0 Å². The van der Waals surface area contributed by atoms with Crippen molar-refractivity contribution in [2.75, 3.05) is 36.0 Å². The highest BCUT2D eigenvalue weighted by Crippen LogP contribution is 2.28. The molecule has 0 unspecified atom stereocenters. The smallest absolute Gasteiger partial charge is 0.329 e. The van der Waals surface area contributed by atoms with Crippen LogP contribution in [0.15, 0.2) is 19.2 Å². The lowest BCUT2D eigenvalue weighted by Gasteiger charge is -2.32. The fraction of sp³-hybridized carbons (Fsp3) is 0.630. The van der Waals surface area contributed by atoms with Crippen LogP contribution in [-0.4, -0.2) is 64.4 Å². The Morgan fingerprint density at radius 3 is 1.51 bits per heavy atom. The number of hydrogen-bond donors (Lipinski definition) is 2. The number of nitrogens with one attached hydrogen (secondary N) is 2. The average molecular weight is 567 g/mol. The lowest BCUT2D eigenvalue weighted by atomic mass is 10.0. The summed E-state index contributed by atoms with van der Waals surface area (Å²) in [5.41, 5.74) is -0.489. The first-order valence-corrected chi connectivity index (χ1v) is 14.5. The molecule has 2 atom stereocenters. The Labute approximate surface area is 235 Å². The Hall–Kier alpha value is -4.10. The van der Waals surface area contributed by atoms with E-state index in [2.05, 4.69) is 33.6 Å². The Balaban J connectivity index is 1.41. The summed E-state index contributed by atoms with van der Waals surface area (Å²) in [4.78, 5) is 69.7. The number of fused-ring (bicyclic) bond motifs is 2. The maximum absolute atomic E-state index is 13.1. The van der Waals surface area contributed by atoms with Crippen LogP contribution in [0, 0.1) is 11.8 Å². The van der Waals surface area contributed by atoms with Crippen molar-refractivity contribution in [3.63, 3.8) is 0 Å². The molecule has 41 heavy (non-hydrogen) atoms. The predicted octanol–water partition coefficient (Wildman–Crippen LogP) is 0.723. The van der Waals surface area contributed by atoms with Gasteiger partial charge in [0.25, 0.3) is 11.1 Å². The third-order valence-electron chi connectivity index (χ3n) is 8.62. The first-order chi connectivity index (χ1) is 19.6. The first-order valence-electron chi connectivity index (χ1n) is 14.5. The highest BCUT2D eigenvalue weighted by Gasteiger charge is 2.27. The monoisotopic (exact) mass is 566 g/mol. The van der Waals surface area contributed by atoms with Gasteiger partial charge in [-0.15, -0.1) is 0 Å². The molecule has 14 nitrogen and oxygen atoms in total.